The molecule has 1 unspecified atom stereocenters. The molecule has 76 heavy (non-hydrogen) atoms. The zero-order valence-corrected chi connectivity index (χ0v) is 44.9. The normalized spacial score (nSPS) is 49.7. The van der Waals surface area contributed by atoms with Crippen LogP contribution in [0.25, 0.3) is 0 Å². The summed E-state index contributed by atoms with van der Waals surface area (Å²) in [6.07, 6.45) is -19.6. The van der Waals surface area contributed by atoms with E-state index in [0.717, 1.165) is 31.3 Å². The molecule has 21 heteroatoms. The summed E-state index contributed by atoms with van der Waals surface area (Å²) in [6.45, 7) is 13.4. The van der Waals surface area contributed by atoms with Gasteiger partial charge in [0.05, 0.1) is 55.2 Å². The molecule has 430 valence electrons. The van der Waals surface area contributed by atoms with Crippen molar-refractivity contribution < 1.29 is 99.2 Å². The fourth-order valence-electron chi connectivity index (χ4n) is 16.1. The molecule has 9 rings (SSSR count). The molecule has 3 heterocycles. The van der Waals surface area contributed by atoms with Gasteiger partial charge in [-0.15, -0.1) is 0 Å². The topological polar surface area (TPSA) is 336 Å². The van der Waals surface area contributed by atoms with E-state index in [0.29, 0.717) is 24.1 Å². The van der Waals surface area contributed by atoms with E-state index in [-0.39, 0.29) is 42.3 Å². The quantitative estimate of drug-likeness (QED) is 0.0748. The highest BCUT2D eigenvalue weighted by Crippen LogP contribution is 2.76. The van der Waals surface area contributed by atoms with Gasteiger partial charge in [-0.25, -0.2) is 4.79 Å². The summed E-state index contributed by atoms with van der Waals surface area (Å²) >= 11 is 0. The number of para-hydroxylation sites is 1. The molecule has 25 atom stereocenters. The van der Waals surface area contributed by atoms with Crippen LogP contribution in [0.4, 0.5) is 5.69 Å². The Morgan fingerprint density at radius 3 is 1.95 bits per heavy atom. The van der Waals surface area contributed by atoms with E-state index >= 15 is 0 Å². The monoisotopic (exact) mass is 1080 g/mol. The number of carbonyl (C=O) groups excluding carboxylic acids is 1. The number of esters is 1. The first-order chi connectivity index (χ1) is 35.6. The largest absolute Gasteiger partial charge is 0.461 e. The van der Waals surface area contributed by atoms with Gasteiger partial charge in [-0.2, -0.15) is 0 Å². The van der Waals surface area contributed by atoms with Crippen molar-refractivity contribution in [1.82, 2.24) is 0 Å². The van der Waals surface area contributed by atoms with E-state index in [4.69, 9.17) is 33.2 Å². The molecule has 0 bridgehead atoms. The molecule has 3 aliphatic heterocycles. The van der Waals surface area contributed by atoms with E-state index in [1.54, 1.807) is 25.2 Å². The van der Waals surface area contributed by atoms with Crippen molar-refractivity contribution in [3.63, 3.8) is 0 Å². The Bertz CT molecular complexity index is 2270. The zero-order chi connectivity index (χ0) is 55.4. The lowest BCUT2D eigenvalue weighted by Crippen LogP contribution is -2.71. The van der Waals surface area contributed by atoms with Crippen molar-refractivity contribution in [3.8, 4) is 0 Å². The number of aliphatic hydroxyl groups excluding tert-OH is 12. The molecule has 3 saturated heterocycles. The number of nitrogens with one attached hydrogen (secondary N) is 1. The zero-order valence-electron chi connectivity index (χ0n) is 44.9. The second-order valence-electron chi connectivity index (χ2n) is 25.6. The summed E-state index contributed by atoms with van der Waals surface area (Å²) < 4.78 is 41.2. The molecule has 0 amide bonds. The maximum Gasteiger partial charge on any atom is 0.340 e. The van der Waals surface area contributed by atoms with Crippen LogP contribution < -0.4 is 5.32 Å². The van der Waals surface area contributed by atoms with Crippen LogP contribution in [0.3, 0.4) is 0 Å². The smallest absolute Gasteiger partial charge is 0.340 e. The molecule has 0 aromatic heterocycles. The average molecular weight is 1080 g/mol. The summed E-state index contributed by atoms with van der Waals surface area (Å²) in [4.78, 5) is 13.7. The number of anilines is 1. The van der Waals surface area contributed by atoms with Gasteiger partial charge in [0.2, 0.25) is 0 Å². The van der Waals surface area contributed by atoms with Gasteiger partial charge in [0.25, 0.3) is 0 Å². The van der Waals surface area contributed by atoms with Crippen LogP contribution >= 0.6 is 0 Å². The van der Waals surface area contributed by atoms with Gasteiger partial charge < -0.3 is 99.8 Å². The van der Waals surface area contributed by atoms with Crippen LogP contribution in [0.5, 0.6) is 0 Å². The van der Waals surface area contributed by atoms with E-state index in [1.165, 1.54) is 0 Å². The fraction of sp³-hybridized carbons (Fsp3) is 0.836. The minimum atomic E-state index is -1.80. The lowest BCUT2D eigenvalue weighted by Gasteiger charge is -2.72. The van der Waals surface area contributed by atoms with Crippen LogP contribution in [-0.4, -0.2) is 211 Å². The molecule has 21 nitrogen and oxygen atoms in total. The van der Waals surface area contributed by atoms with E-state index in [2.05, 4.69) is 46.0 Å². The molecule has 1 aromatic rings. The summed E-state index contributed by atoms with van der Waals surface area (Å²) in [6, 6.07) is 6.98. The number of aliphatic hydroxyl groups is 12. The van der Waals surface area contributed by atoms with Crippen molar-refractivity contribution in [2.75, 3.05) is 38.8 Å². The van der Waals surface area contributed by atoms with Gasteiger partial charge in [-0.05, 0) is 102 Å². The number of ether oxygens (including phenoxy) is 7. The Morgan fingerprint density at radius 2 is 1.29 bits per heavy atom. The van der Waals surface area contributed by atoms with E-state index in [9.17, 15) is 66.1 Å². The van der Waals surface area contributed by atoms with Gasteiger partial charge in [0.1, 0.15) is 73.8 Å². The third-order valence-electron chi connectivity index (χ3n) is 20.9. The number of benzene rings is 1. The molecule has 7 fully saturated rings. The summed E-state index contributed by atoms with van der Waals surface area (Å²) in [7, 11) is 1.71. The summed E-state index contributed by atoms with van der Waals surface area (Å²) in [5.74, 6) is -0.776. The predicted molar refractivity (Wildman–Crippen MR) is 267 cm³/mol. The number of fused-ring (bicyclic) bond motifs is 7. The molecular weight excluding hydrogens is 995 g/mol. The highest BCUT2D eigenvalue weighted by atomic mass is 16.7. The number of rotatable bonds is 12. The molecule has 5 aliphatic carbocycles. The van der Waals surface area contributed by atoms with Crippen LogP contribution in [0.15, 0.2) is 35.9 Å². The number of hydrogen-bond acceptors (Lipinski definition) is 21. The molecule has 13 N–H and O–H groups in total. The van der Waals surface area contributed by atoms with Gasteiger partial charge in [0, 0.05) is 12.7 Å². The van der Waals surface area contributed by atoms with Gasteiger partial charge in [-0.1, -0.05) is 72.2 Å². The minimum absolute atomic E-state index is 0.0945. The van der Waals surface area contributed by atoms with Gasteiger partial charge >= 0.3 is 5.97 Å². The SMILES string of the molecule is CNc1ccccc1C(=O)OC[C@@]12[C@@H](O)C[C@]3(C)C(=CC[C@@H]4[C@@]5(C)CC[C@H](O[C@@H]6O[C@H](CO[C@@H]7O[C@H](CO[C@@H]8OC[C@@H](O)[C@H](O)[C@H]8O)[C@@H](O)[C@H](O)[C@H]7O)[C@@H](O)[C@H](O)[C@H]6O)C(C)(C)C5CC[C@]43C)[C@@H]1CC(C)(C)[C@@H](O)[C@@H]2O. The van der Waals surface area contributed by atoms with Crippen LogP contribution in [0, 0.1) is 50.2 Å². The predicted octanol–water partition coefficient (Wildman–Crippen LogP) is 0.0718. The summed E-state index contributed by atoms with van der Waals surface area (Å²) in [5, 5.41) is 136. The Labute approximate surface area is 444 Å². The highest BCUT2D eigenvalue weighted by Gasteiger charge is 2.73. The molecule has 0 spiro atoms. The van der Waals surface area contributed by atoms with Crippen molar-refractivity contribution >= 4 is 11.7 Å². The molecule has 1 aromatic carbocycles. The number of carbonyl (C=O) groups is 1. The lowest BCUT2D eigenvalue weighted by atomic mass is 9.33. The fourth-order valence-corrected chi connectivity index (χ4v) is 16.1. The van der Waals surface area contributed by atoms with E-state index in [1.807, 2.05) is 19.9 Å². The second kappa shape index (κ2) is 21.1. The Morgan fingerprint density at radius 1 is 0.684 bits per heavy atom. The van der Waals surface area contributed by atoms with Gasteiger partial charge in [0.15, 0.2) is 18.9 Å². The maximum absolute atomic E-state index is 13.7. The van der Waals surface area contributed by atoms with Crippen LogP contribution in [-0.2, 0) is 33.2 Å². The van der Waals surface area contributed by atoms with Crippen molar-refractivity contribution in [2.24, 2.45) is 50.2 Å². The first-order valence-electron chi connectivity index (χ1n) is 27.2. The molecular formula is C55H85NO20. The molecule has 4 saturated carbocycles. The van der Waals surface area contributed by atoms with Crippen molar-refractivity contribution in [3.05, 3.63) is 41.5 Å². The standard InChI is InChI=1S/C55H85NO20/c1-50(2)19-27-26-13-14-33-52(5)17-16-35(76-49-43(66)40(63)38(61)31(75-49)23-72-48-42(65)39(62)37(60)30(74-48)22-71-47-41(64)36(59)29(57)21-70-47)51(3,4)32(52)15-18-53(33,6)54(26,7)20-34(58)55(27,45(68)44(50)67)24-73-46(69)25-11-9-10-12-28(25)56-8/h9-13,27,29-45,47-49,56-68H,14-24H2,1-8H3/t27-,29+,30+,31+,32?,33+,34-,35-,36-,37+,38+,39-,40-,41+,42+,43+,44-,45-,47-,48+,49-,52-,53+,54+,55-/m0/s1. The van der Waals surface area contributed by atoms with Crippen molar-refractivity contribution in [2.45, 2.75) is 204 Å². The number of allylic oxidation sites excluding steroid dienone is 2. The average Bonchev–Trinajstić information content (AvgIpc) is 3.48. The lowest BCUT2D eigenvalue weighted by molar-refractivity contribution is -0.348. The Hall–Kier alpha value is -2.49. The van der Waals surface area contributed by atoms with Gasteiger partial charge in [-0.3, -0.25) is 0 Å². The first kappa shape index (κ1) is 58.2. The Balaban J connectivity index is 0.894. The first-order valence-corrected chi connectivity index (χ1v) is 27.2. The van der Waals surface area contributed by atoms with E-state index < -0.39 is 157 Å². The van der Waals surface area contributed by atoms with Crippen molar-refractivity contribution in [1.29, 1.82) is 0 Å². The Kier molecular flexibility index (Phi) is 16.2. The highest BCUT2D eigenvalue weighted by molar-refractivity contribution is 5.95. The molecule has 8 aliphatic rings. The third-order valence-corrected chi connectivity index (χ3v) is 20.9. The summed E-state index contributed by atoms with van der Waals surface area (Å²) in [5.41, 5.74) is -1.72. The molecule has 0 radical (unpaired) electrons. The minimum Gasteiger partial charge on any atom is -0.461 e. The second-order valence-corrected chi connectivity index (χ2v) is 25.6. The number of hydrogen-bond donors (Lipinski definition) is 13. The third kappa shape index (κ3) is 9.30. The van der Waals surface area contributed by atoms with Crippen LogP contribution in [0.1, 0.15) is 104 Å². The maximum atomic E-state index is 13.7. The van der Waals surface area contributed by atoms with Crippen LogP contribution in [0.2, 0.25) is 0 Å².